The number of nitrogens with one attached hydrogen (secondary N) is 1. The summed E-state index contributed by atoms with van der Waals surface area (Å²) in [4.78, 5) is 5.19. The van der Waals surface area contributed by atoms with Crippen LogP contribution in [-0.4, -0.2) is 17.6 Å². The Morgan fingerprint density at radius 1 is 1.64 bits per heavy atom. The van der Waals surface area contributed by atoms with Crippen LogP contribution < -0.4 is 10.1 Å². The molecule has 1 saturated carbocycles. The van der Waals surface area contributed by atoms with Crippen LogP contribution in [0.5, 0.6) is 5.19 Å². The summed E-state index contributed by atoms with van der Waals surface area (Å²) in [5.74, 6) is 0. The van der Waals surface area contributed by atoms with E-state index in [4.69, 9.17) is 16.3 Å². The van der Waals surface area contributed by atoms with E-state index in [1.165, 1.54) is 24.2 Å². The van der Waals surface area contributed by atoms with E-state index in [1.807, 2.05) is 6.92 Å². The van der Waals surface area contributed by atoms with Crippen molar-refractivity contribution in [2.45, 2.75) is 32.4 Å². The maximum absolute atomic E-state index is 5.96. The number of ether oxygens (including phenoxy) is 1. The van der Waals surface area contributed by atoms with Gasteiger partial charge in [0.2, 0.25) is 0 Å². The van der Waals surface area contributed by atoms with Gasteiger partial charge in [0.1, 0.15) is 5.15 Å². The largest absolute Gasteiger partial charge is 0.470 e. The molecule has 5 heteroatoms. The summed E-state index contributed by atoms with van der Waals surface area (Å²) >= 11 is 7.49. The Hall–Kier alpha value is -0.320. The number of thiazole rings is 1. The summed E-state index contributed by atoms with van der Waals surface area (Å²) in [6.45, 7) is 3.39. The molecule has 0 spiro atoms. The van der Waals surface area contributed by atoms with Crippen molar-refractivity contribution in [3.8, 4) is 5.19 Å². The molecule has 2 rings (SSSR count). The fourth-order valence-corrected chi connectivity index (χ4v) is 2.25. The lowest BCUT2D eigenvalue weighted by Crippen LogP contribution is -2.14. The van der Waals surface area contributed by atoms with E-state index in [1.54, 1.807) is 0 Å². The Morgan fingerprint density at radius 2 is 2.43 bits per heavy atom. The molecule has 1 heterocycles. The normalized spacial score (nSPS) is 15.9. The molecule has 14 heavy (non-hydrogen) atoms. The zero-order valence-electron chi connectivity index (χ0n) is 8.05. The van der Waals surface area contributed by atoms with E-state index in [9.17, 15) is 0 Å². The molecule has 0 radical (unpaired) electrons. The van der Waals surface area contributed by atoms with Crippen LogP contribution in [0.2, 0.25) is 5.15 Å². The van der Waals surface area contributed by atoms with Gasteiger partial charge in [-0.2, -0.15) is 4.98 Å². The van der Waals surface area contributed by atoms with E-state index < -0.39 is 0 Å². The van der Waals surface area contributed by atoms with Crippen molar-refractivity contribution >= 4 is 22.9 Å². The van der Waals surface area contributed by atoms with Crippen LogP contribution in [0.15, 0.2) is 0 Å². The fraction of sp³-hybridized carbons (Fsp3) is 0.667. The molecule has 0 amide bonds. The number of hydrogen-bond acceptors (Lipinski definition) is 4. The van der Waals surface area contributed by atoms with E-state index in [0.717, 1.165) is 11.4 Å². The van der Waals surface area contributed by atoms with Gasteiger partial charge in [-0.25, -0.2) is 0 Å². The molecule has 0 aromatic carbocycles. The van der Waals surface area contributed by atoms with Crippen LogP contribution in [0, 0.1) is 0 Å². The van der Waals surface area contributed by atoms with Gasteiger partial charge in [-0.05, 0) is 19.8 Å². The Bertz CT molecular complexity index is 312. The Morgan fingerprint density at radius 3 is 3.07 bits per heavy atom. The third-order valence-electron chi connectivity index (χ3n) is 2.03. The smallest absolute Gasteiger partial charge is 0.274 e. The van der Waals surface area contributed by atoms with Gasteiger partial charge in [0, 0.05) is 12.6 Å². The molecule has 0 aliphatic heterocycles. The lowest BCUT2D eigenvalue weighted by molar-refractivity contribution is 0.338. The first-order valence-electron chi connectivity index (χ1n) is 4.81. The summed E-state index contributed by atoms with van der Waals surface area (Å²) in [6, 6.07) is 0.698. The standard InChI is InChI=1S/C9H13ClN2OS/c1-2-13-9-12-8(10)7(14-9)5-11-6-3-4-6/h6,11H,2-5H2,1H3. The monoisotopic (exact) mass is 232 g/mol. The van der Waals surface area contributed by atoms with Crippen molar-refractivity contribution in [1.82, 2.24) is 10.3 Å². The lowest BCUT2D eigenvalue weighted by Gasteiger charge is -1.98. The summed E-state index contributed by atoms with van der Waals surface area (Å²) in [5.41, 5.74) is 0. The summed E-state index contributed by atoms with van der Waals surface area (Å²) in [7, 11) is 0. The maximum atomic E-state index is 5.96. The second kappa shape index (κ2) is 4.47. The topological polar surface area (TPSA) is 34.1 Å². The highest BCUT2D eigenvalue weighted by atomic mass is 35.5. The molecular formula is C9H13ClN2OS. The van der Waals surface area contributed by atoms with Crippen molar-refractivity contribution in [2.24, 2.45) is 0 Å². The quantitative estimate of drug-likeness (QED) is 0.847. The van der Waals surface area contributed by atoms with E-state index >= 15 is 0 Å². The van der Waals surface area contributed by atoms with Crippen LogP contribution in [0.25, 0.3) is 0 Å². The second-order valence-electron chi connectivity index (χ2n) is 3.28. The lowest BCUT2D eigenvalue weighted by atomic mass is 10.5. The highest BCUT2D eigenvalue weighted by Gasteiger charge is 2.21. The van der Waals surface area contributed by atoms with Crippen LogP contribution in [0.3, 0.4) is 0 Å². The fourth-order valence-electron chi connectivity index (χ4n) is 1.13. The minimum atomic E-state index is 0.576. The molecule has 3 nitrogen and oxygen atoms in total. The average Bonchev–Trinajstić information content (AvgIpc) is 2.90. The van der Waals surface area contributed by atoms with Crippen molar-refractivity contribution < 1.29 is 4.74 Å². The van der Waals surface area contributed by atoms with Gasteiger partial charge < -0.3 is 10.1 Å². The molecule has 0 bridgehead atoms. The summed E-state index contributed by atoms with van der Waals surface area (Å²) in [6.07, 6.45) is 2.57. The van der Waals surface area contributed by atoms with Crippen molar-refractivity contribution in [3.05, 3.63) is 10.0 Å². The summed E-state index contributed by atoms with van der Waals surface area (Å²) in [5, 5.41) is 4.65. The Kier molecular flexibility index (Phi) is 3.26. The average molecular weight is 233 g/mol. The first-order chi connectivity index (χ1) is 6.79. The zero-order valence-corrected chi connectivity index (χ0v) is 9.62. The third kappa shape index (κ3) is 2.59. The van der Waals surface area contributed by atoms with Gasteiger partial charge in [-0.15, -0.1) is 0 Å². The first-order valence-corrected chi connectivity index (χ1v) is 6.00. The van der Waals surface area contributed by atoms with Gasteiger partial charge in [0.15, 0.2) is 0 Å². The first kappa shape index (κ1) is 10.2. The van der Waals surface area contributed by atoms with Crippen molar-refractivity contribution in [2.75, 3.05) is 6.61 Å². The molecule has 0 unspecified atom stereocenters. The number of aromatic nitrogens is 1. The summed E-state index contributed by atoms with van der Waals surface area (Å²) < 4.78 is 5.28. The van der Waals surface area contributed by atoms with Crippen molar-refractivity contribution in [3.63, 3.8) is 0 Å². The van der Waals surface area contributed by atoms with E-state index in [0.29, 0.717) is 23.0 Å². The van der Waals surface area contributed by atoms with Crippen LogP contribution in [0.4, 0.5) is 0 Å². The van der Waals surface area contributed by atoms with Gasteiger partial charge in [-0.3, -0.25) is 0 Å². The van der Waals surface area contributed by atoms with Gasteiger partial charge in [0.05, 0.1) is 11.5 Å². The molecular weight excluding hydrogens is 220 g/mol. The number of rotatable bonds is 5. The highest BCUT2D eigenvalue weighted by molar-refractivity contribution is 7.13. The van der Waals surface area contributed by atoms with Crippen LogP contribution in [0.1, 0.15) is 24.6 Å². The van der Waals surface area contributed by atoms with Crippen molar-refractivity contribution in [1.29, 1.82) is 0 Å². The number of hydrogen-bond donors (Lipinski definition) is 1. The maximum Gasteiger partial charge on any atom is 0.274 e. The van der Waals surface area contributed by atoms with Crippen LogP contribution in [-0.2, 0) is 6.54 Å². The molecule has 1 aliphatic rings. The zero-order chi connectivity index (χ0) is 9.97. The molecule has 0 atom stereocenters. The highest BCUT2D eigenvalue weighted by Crippen LogP contribution is 2.29. The Balaban J connectivity index is 1.93. The molecule has 1 N–H and O–H groups in total. The third-order valence-corrected chi connectivity index (χ3v) is 3.42. The second-order valence-corrected chi connectivity index (χ2v) is 4.69. The van der Waals surface area contributed by atoms with E-state index in [2.05, 4.69) is 10.3 Å². The molecule has 1 aliphatic carbocycles. The van der Waals surface area contributed by atoms with Gasteiger partial charge in [-0.1, -0.05) is 22.9 Å². The number of nitrogens with zero attached hydrogens (tertiary/aromatic N) is 1. The molecule has 0 saturated heterocycles. The number of halogens is 1. The molecule has 1 fully saturated rings. The molecule has 78 valence electrons. The van der Waals surface area contributed by atoms with Crippen LogP contribution >= 0.6 is 22.9 Å². The molecule has 1 aromatic rings. The Labute approximate surface area is 92.4 Å². The molecule has 1 aromatic heterocycles. The van der Waals surface area contributed by atoms with Gasteiger partial charge >= 0.3 is 0 Å². The SMILES string of the molecule is CCOc1nc(Cl)c(CNC2CC2)s1. The minimum absolute atomic E-state index is 0.576. The van der Waals surface area contributed by atoms with E-state index in [-0.39, 0.29) is 0 Å². The minimum Gasteiger partial charge on any atom is -0.470 e. The predicted molar refractivity (Wildman–Crippen MR) is 58.2 cm³/mol. The van der Waals surface area contributed by atoms with Gasteiger partial charge in [0.25, 0.3) is 5.19 Å². The predicted octanol–water partition coefficient (Wildman–Crippen LogP) is 2.45.